The molecular formula is C15H23NS. The number of rotatable bonds is 4. The van der Waals surface area contributed by atoms with Gasteiger partial charge in [0.05, 0.1) is 0 Å². The average molecular weight is 249 g/mol. The molecule has 0 heterocycles. The average Bonchev–Trinajstić information content (AvgIpc) is 2.37. The molecule has 2 rings (SSSR count). The van der Waals surface area contributed by atoms with E-state index in [1.165, 1.54) is 43.2 Å². The highest BCUT2D eigenvalue weighted by molar-refractivity contribution is 8.00. The zero-order valence-corrected chi connectivity index (χ0v) is 11.5. The summed E-state index contributed by atoms with van der Waals surface area (Å²) in [6.07, 6.45) is 7.00. The molecule has 1 aliphatic rings. The first-order valence-electron chi connectivity index (χ1n) is 6.71. The minimum absolute atomic E-state index is 0.484. The summed E-state index contributed by atoms with van der Waals surface area (Å²) in [5.41, 5.74) is 8.69. The van der Waals surface area contributed by atoms with Gasteiger partial charge in [0, 0.05) is 17.0 Å². The minimum atomic E-state index is 0.484. The maximum Gasteiger partial charge on any atom is 0.0422 e. The van der Waals surface area contributed by atoms with Crippen LogP contribution < -0.4 is 5.73 Å². The van der Waals surface area contributed by atoms with Gasteiger partial charge in [-0.1, -0.05) is 49.1 Å². The van der Waals surface area contributed by atoms with Crippen molar-refractivity contribution in [1.29, 1.82) is 0 Å². The predicted molar refractivity (Wildman–Crippen MR) is 77.4 cm³/mol. The smallest absolute Gasteiger partial charge is 0.0422 e. The van der Waals surface area contributed by atoms with Gasteiger partial charge >= 0.3 is 0 Å². The van der Waals surface area contributed by atoms with Crippen LogP contribution in [0.5, 0.6) is 0 Å². The van der Waals surface area contributed by atoms with Gasteiger partial charge < -0.3 is 5.73 Å². The van der Waals surface area contributed by atoms with E-state index in [0.717, 1.165) is 11.8 Å². The van der Waals surface area contributed by atoms with Crippen LogP contribution in [0.2, 0.25) is 0 Å². The van der Waals surface area contributed by atoms with Crippen molar-refractivity contribution in [3.8, 4) is 0 Å². The Hall–Kier alpha value is -0.470. The molecule has 17 heavy (non-hydrogen) atoms. The summed E-state index contributed by atoms with van der Waals surface area (Å²) in [6.45, 7) is 2.91. The van der Waals surface area contributed by atoms with Crippen LogP contribution in [0.25, 0.3) is 0 Å². The van der Waals surface area contributed by atoms with Crippen molar-refractivity contribution in [2.24, 2.45) is 5.73 Å². The maximum atomic E-state index is 5.95. The summed E-state index contributed by atoms with van der Waals surface area (Å²) >= 11 is 2.10. The quantitative estimate of drug-likeness (QED) is 0.871. The third-order valence-corrected chi connectivity index (χ3v) is 5.19. The van der Waals surface area contributed by atoms with Gasteiger partial charge in [-0.2, -0.15) is 0 Å². The molecule has 1 nitrogen and oxygen atoms in total. The monoisotopic (exact) mass is 249 g/mol. The van der Waals surface area contributed by atoms with E-state index in [0.29, 0.717) is 5.25 Å². The van der Waals surface area contributed by atoms with Crippen LogP contribution in [-0.2, 0) is 0 Å². The lowest BCUT2D eigenvalue weighted by molar-refractivity contribution is 0.515. The van der Waals surface area contributed by atoms with Gasteiger partial charge in [0.2, 0.25) is 0 Å². The Morgan fingerprint density at radius 3 is 2.71 bits per heavy atom. The zero-order valence-electron chi connectivity index (χ0n) is 10.7. The van der Waals surface area contributed by atoms with Crippen molar-refractivity contribution in [2.75, 3.05) is 6.54 Å². The topological polar surface area (TPSA) is 26.0 Å². The summed E-state index contributed by atoms with van der Waals surface area (Å²) in [7, 11) is 0. The van der Waals surface area contributed by atoms with Crippen LogP contribution >= 0.6 is 11.8 Å². The molecule has 2 heteroatoms. The van der Waals surface area contributed by atoms with E-state index in [2.05, 4.69) is 43.0 Å². The molecule has 0 aliphatic heterocycles. The molecular weight excluding hydrogens is 226 g/mol. The molecule has 1 aromatic rings. The number of benzene rings is 1. The van der Waals surface area contributed by atoms with Gasteiger partial charge in [-0.05, 0) is 25.3 Å². The highest BCUT2D eigenvalue weighted by atomic mass is 32.2. The van der Waals surface area contributed by atoms with Crippen LogP contribution in [0.4, 0.5) is 0 Å². The number of hydrogen-bond acceptors (Lipinski definition) is 2. The predicted octanol–water partition coefficient (Wildman–Crippen LogP) is 4.06. The maximum absolute atomic E-state index is 5.95. The van der Waals surface area contributed by atoms with Crippen molar-refractivity contribution >= 4 is 11.8 Å². The second-order valence-corrected chi connectivity index (χ2v) is 6.54. The van der Waals surface area contributed by atoms with Gasteiger partial charge in [0.15, 0.2) is 0 Å². The summed E-state index contributed by atoms with van der Waals surface area (Å²) in [5, 5.41) is 1.32. The third-order valence-electron chi connectivity index (χ3n) is 3.54. The van der Waals surface area contributed by atoms with E-state index < -0.39 is 0 Å². The van der Waals surface area contributed by atoms with Crippen molar-refractivity contribution < 1.29 is 0 Å². The van der Waals surface area contributed by atoms with Gasteiger partial charge in [-0.15, -0.1) is 11.8 Å². The lowest BCUT2D eigenvalue weighted by Crippen LogP contribution is -2.16. The molecule has 94 valence electrons. The van der Waals surface area contributed by atoms with Gasteiger partial charge in [-0.3, -0.25) is 0 Å². The summed E-state index contributed by atoms with van der Waals surface area (Å²) in [6, 6.07) is 8.81. The fourth-order valence-electron chi connectivity index (χ4n) is 2.57. The number of hydrogen-bond donors (Lipinski definition) is 1. The molecule has 0 radical (unpaired) electrons. The van der Waals surface area contributed by atoms with Crippen molar-refractivity contribution in [3.63, 3.8) is 0 Å². The van der Waals surface area contributed by atoms with Crippen LogP contribution in [0.15, 0.2) is 24.3 Å². The normalized spacial score (nSPS) is 19.2. The third kappa shape index (κ3) is 3.75. The van der Waals surface area contributed by atoms with Crippen molar-refractivity contribution in [1.82, 2.24) is 0 Å². The molecule has 0 amide bonds. The molecule has 0 spiro atoms. The van der Waals surface area contributed by atoms with E-state index in [1.807, 2.05) is 0 Å². The van der Waals surface area contributed by atoms with E-state index >= 15 is 0 Å². The van der Waals surface area contributed by atoms with E-state index in [9.17, 15) is 0 Å². The Labute approximate surface area is 109 Å². The Morgan fingerprint density at radius 2 is 2.06 bits per heavy atom. The summed E-state index contributed by atoms with van der Waals surface area (Å²) in [5.74, 6) is 0. The Morgan fingerprint density at radius 1 is 1.29 bits per heavy atom. The SMILES string of the molecule is Cc1cccc(C(CN)SC2CCCCC2)c1. The highest BCUT2D eigenvalue weighted by Gasteiger charge is 2.19. The molecule has 1 aromatic carbocycles. The Bertz CT molecular complexity index is 345. The Balaban J connectivity index is 2.00. The van der Waals surface area contributed by atoms with Gasteiger partial charge in [0.1, 0.15) is 0 Å². The Kier molecular flexibility index (Phi) is 4.93. The first-order valence-corrected chi connectivity index (χ1v) is 7.66. The van der Waals surface area contributed by atoms with Crippen molar-refractivity contribution in [3.05, 3.63) is 35.4 Å². The molecule has 0 aromatic heterocycles. The molecule has 1 aliphatic carbocycles. The standard InChI is InChI=1S/C15H23NS/c1-12-6-5-7-13(10-12)15(11-16)17-14-8-3-2-4-9-14/h5-7,10,14-15H,2-4,8-9,11,16H2,1H3. The molecule has 0 saturated heterocycles. The summed E-state index contributed by atoms with van der Waals surface area (Å²) < 4.78 is 0. The lowest BCUT2D eigenvalue weighted by atomic mass is 10.0. The van der Waals surface area contributed by atoms with Crippen LogP contribution in [0, 0.1) is 6.92 Å². The van der Waals surface area contributed by atoms with Crippen LogP contribution in [0.3, 0.4) is 0 Å². The largest absolute Gasteiger partial charge is 0.329 e. The number of nitrogens with two attached hydrogens (primary N) is 1. The fraction of sp³-hybridized carbons (Fsp3) is 0.600. The highest BCUT2D eigenvalue weighted by Crippen LogP contribution is 2.38. The van der Waals surface area contributed by atoms with Crippen LogP contribution in [0.1, 0.15) is 48.5 Å². The number of thioether (sulfide) groups is 1. The van der Waals surface area contributed by atoms with Gasteiger partial charge in [0.25, 0.3) is 0 Å². The van der Waals surface area contributed by atoms with Gasteiger partial charge in [-0.25, -0.2) is 0 Å². The first-order chi connectivity index (χ1) is 8.29. The minimum Gasteiger partial charge on any atom is -0.329 e. The summed E-state index contributed by atoms with van der Waals surface area (Å²) in [4.78, 5) is 0. The number of aryl methyl sites for hydroxylation is 1. The molecule has 1 saturated carbocycles. The van der Waals surface area contributed by atoms with E-state index in [1.54, 1.807) is 0 Å². The zero-order chi connectivity index (χ0) is 12.1. The van der Waals surface area contributed by atoms with Crippen molar-refractivity contribution in [2.45, 2.75) is 49.5 Å². The van der Waals surface area contributed by atoms with Crippen LogP contribution in [-0.4, -0.2) is 11.8 Å². The lowest BCUT2D eigenvalue weighted by Gasteiger charge is -2.26. The first kappa shape index (κ1) is 13.0. The molecule has 0 bridgehead atoms. The van der Waals surface area contributed by atoms with E-state index in [4.69, 9.17) is 5.73 Å². The fourth-order valence-corrected chi connectivity index (χ4v) is 4.06. The van der Waals surface area contributed by atoms with E-state index in [-0.39, 0.29) is 0 Å². The molecule has 1 unspecified atom stereocenters. The second-order valence-electron chi connectivity index (χ2n) is 5.03. The molecule has 1 fully saturated rings. The molecule has 2 N–H and O–H groups in total. The molecule has 1 atom stereocenters. The second kappa shape index (κ2) is 6.46.